The van der Waals surface area contributed by atoms with E-state index in [0.717, 1.165) is 19.6 Å². The van der Waals surface area contributed by atoms with Gasteiger partial charge in [-0.15, -0.1) is 16.4 Å². The van der Waals surface area contributed by atoms with Gasteiger partial charge in [-0.2, -0.15) is 0 Å². The second-order valence-electron chi connectivity index (χ2n) is 6.23. The molecule has 0 aromatic carbocycles. The number of nitrogens with zero attached hydrogens (tertiary/aromatic N) is 4. The minimum absolute atomic E-state index is 0.0779. The van der Waals surface area contributed by atoms with Crippen LogP contribution >= 0.6 is 11.3 Å². The fraction of sp³-hybridized carbons (Fsp3) is 0.562. The van der Waals surface area contributed by atoms with Gasteiger partial charge in [0.1, 0.15) is 0 Å². The summed E-state index contributed by atoms with van der Waals surface area (Å²) in [5.41, 5.74) is 1.65. The fourth-order valence-electron chi connectivity index (χ4n) is 2.88. The maximum absolute atomic E-state index is 12.5. The van der Waals surface area contributed by atoms with E-state index in [1.54, 1.807) is 27.1 Å². The standard InChI is InChI=1S/C16H23N5OS/c1-12-5-7-23-15(12)11-20(2)16(22)14-10-21(19-18-14)9-13-4-3-6-17-8-13/h5,7,10,13,17H,3-4,6,8-9,11H2,1-2H3/t13-/m0/s1. The van der Waals surface area contributed by atoms with Crippen molar-refractivity contribution in [2.75, 3.05) is 20.1 Å². The molecular formula is C16H23N5OS. The van der Waals surface area contributed by atoms with Crippen LogP contribution in [0.1, 0.15) is 33.8 Å². The molecule has 124 valence electrons. The number of nitrogens with one attached hydrogen (secondary N) is 1. The molecule has 3 heterocycles. The highest BCUT2D eigenvalue weighted by Crippen LogP contribution is 2.18. The number of hydrogen-bond donors (Lipinski definition) is 1. The molecule has 0 unspecified atom stereocenters. The molecule has 1 aliphatic rings. The van der Waals surface area contributed by atoms with E-state index in [-0.39, 0.29) is 5.91 Å². The quantitative estimate of drug-likeness (QED) is 0.908. The molecule has 0 saturated carbocycles. The SMILES string of the molecule is Cc1ccsc1CN(C)C(=O)c1cn(C[C@H]2CCCNC2)nn1. The van der Waals surface area contributed by atoms with Crippen molar-refractivity contribution in [3.63, 3.8) is 0 Å². The van der Waals surface area contributed by atoms with E-state index in [1.807, 2.05) is 7.05 Å². The number of carbonyl (C=O) groups is 1. The fourth-order valence-corrected chi connectivity index (χ4v) is 3.84. The monoisotopic (exact) mass is 333 g/mol. The first-order valence-corrected chi connectivity index (χ1v) is 8.90. The summed E-state index contributed by atoms with van der Waals surface area (Å²) < 4.78 is 1.80. The third kappa shape index (κ3) is 3.97. The third-order valence-electron chi connectivity index (χ3n) is 4.30. The number of carbonyl (C=O) groups excluding carboxylic acids is 1. The molecule has 1 N–H and O–H groups in total. The van der Waals surface area contributed by atoms with E-state index in [4.69, 9.17) is 0 Å². The van der Waals surface area contributed by atoms with Crippen molar-refractivity contribution in [2.24, 2.45) is 5.92 Å². The molecule has 3 rings (SSSR count). The predicted octanol–water partition coefficient (Wildman–Crippen LogP) is 1.92. The van der Waals surface area contributed by atoms with Gasteiger partial charge in [0.05, 0.1) is 12.7 Å². The molecule has 0 radical (unpaired) electrons. The smallest absolute Gasteiger partial charge is 0.276 e. The lowest BCUT2D eigenvalue weighted by molar-refractivity contribution is 0.0780. The van der Waals surface area contributed by atoms with Crippen LogP contribution in [0.15, 0.2) is 17.6 Å². The van der Waals surface area contributed by atoms with Crippen molar-refractivity contribution < 1.29 is 4.79 Å². The Kier molecular flexibility index (Phi) is 5.07. The molecular weight excluding hydrogens is 310 g/mol. The minimum atomic E-state index is -0.0779. The van der Waals surface area contributed by atoms with Crippen LogP contribution in [-0.4, -0.2) is 45.9 Å². The van der Waals surface area contributed by atoms with E-state index < -0.39 is 0 Å². The molecule has 1 atom stereocenters. The van der Waals surface area contributed by atoms with Gasteiger partial charge in [-0.05, 0) is 55.8 Å². The maximum Gasteiger partial charge on any atom is 0.276 e. The summed E-state index contributed by atoms with van der Waals surface area (Å²) in [5, 5.41) is 13.6. The largest absolute Gasteiger partial charge is 0.335 e. The summed E-state index contributed by atoms with van der Waals surface area (Å²) in [6.07, 6.45) is 4.18. The zero-order chi connectivity index (χ0) is 16.2. The first-order chi connectivity index (χ1) is 11.1. The van der Waals surface area contributed by atoms with Gasteiger partial charge in [0.25, 0.3) is 5.91 Å². The molecule has 2 aromatic heterocycles. The van der Waals surface area contributed by atoms with Crippen LogP contribution in [0.2, 0.25) is 0 Å². The topological polar surface area (TPSA) is 63.1 Å². The summed E-state index contributed by atoms with van der Waals surface area (Å²) in [6, 6.07) is 2.08. The number of rotatable bonds is 5. The summed E-state index contributed by atoms with van der Waals surface area (Å²) in [7, 11) is 1.81. The highest BCUT2D eigenvalue weighted by Gasteiger charge is 2.19. The van der Waals surface area contributed by atoms with Gasteiger partial charge in [0.15, 0.2) is 5.69 Å². The first-order valence-electron chi connectivity index (χ1n) is 8.03. The first kappa shape index (κ1) is 16.1. The Morgan fingerprint density at radius 1 is 1.57 bits per heavy atom. The molecule has 1 saturated heterocycles. The lowest BCUT2D eigenvalue weighted by Gasteiger charge is -2.22. The number of hydrogen-bond acceptors (Lipinski definition) is 5. The molecule has 1 aliphatic heterocycles. The molecule has 2 aromatic rings. The average molecular weight is 333 g/mol. The Labute approximate surface area is 140 Å². The molecule has 1 fully saturated rings. The van der Waals surface area contributed by atoms with Gasteiger partial charge in [-0.3, -0.25) is 9.48 Å². The predicted molar refractivity (Wildman–Crippen MR) is 90.5 cm³/mol. The van der Waals surface area contributed by atoms with Crippen molar-refractivity contribution in [3.8, 4) is 0 Å². The summed E-state index contributed by atoms with van der Waals surface area (Å²) in [4.78, 5) is 15.4. The van der Waals surface area contributed by atoms with Crippen molar-refractivity contribution in [1.29, 1.82) is 0 Å². The Morgan fingerprint density at radius 2 is 2.43 bits per heavy atom. The van der Waals surface area contributed by atoms with Crippen molar-refractivity contribution >= 4 is 17.2 Å². The second kappa shape index (κ2) is 7.23. The number of thiophene rings is 1. The van der Waals surface area contributed by atoms with Gasteiger partial charge in [0.2, 0.25) is 0 Å². The third-order valence-corrected chi connectivity index (χ3v) is 5.31. The van der Waals surface area contributed by atoms with Gasteiger partial charge in [0, 0.05) is 18.5 Å². The summed E-state index contributed by atoms with van der Waals surface area (Å²) in [5.74, 6) is 0.491. The van der Waals surface area contributed by atoms with Crippen LogP contribution < -0.4 is 5.32 Å². The number of aromatic nitrogens is 3. The molecule has 23 heavy (non-hydrogen) atoms. The molecule has 0 spiro atoms. The second-order valence-corrected chi connectivity index (χ2v) is 7.23. The van der Waals surface area contributed by atoms with Crippen LogP contribution in [0.5, 0.6) is 0 Å². The summed E-state index contributed by atoms with van der Waals surface area (Å²) >= 11 is 1.68. The Balaban J connectivity index is 1.60. The maximum atomic E-state index is 12.5. The zero-order valence-corrected chi connectivity index (χ0v) is 14.5. The van der Waals surface area contributed by atoms with Crippen LogP contribution in [0.3, 0.4) is 0 Å². The zero-order valence-electron chi connectivity index (χ0n) is 13.7. The molecule has 7 heteroatoms. The van der Waals surface area contributed by atoms with Gasteiger partial charge >= 0.3 is 0 Å². The Morgan fingerprint density at radius 3 is 3.13 bits per heavy atom. The van der Waals surface area contributed by atoms with Crippen LogP contribution in [0.25, 0.3) is 0 Å². The normalized spacial score (nSPS) is 18.1. The molecule has 0 aliphatic carbocycles. The number of amides is 1. The van der Waals surface area contributed by atoms with Crippen molar-refractivity contribution in [2.45, 2.75) is 32.9 Å². The molecule has 6 nitrogen and oxygen atoms in total. The number of piperidine rings is 1. The van der Waals surface area contributed by atoms with Crippen molar-refractivity contribution in [3.05, 3.63) is 33.8 Å². The number of aryl methyl sites for hydroxylation is 1. The highest BCUT2D eigenvalue weighted by molar-refractivity contribution is 7.10. The lowest BCUT2D eigenvalue weighted by Crippen LogP contribution is -2.32. The van der Waals surface area contributed by atoms with Crippen LogP contribution in [0.4, 0.5) is 0 Å². The minimum Gasteiger partial charge on any atom is -0.335 e. The molecule has 0 bridgehead atoms. The molecule has 1 amide bonds. The Hall–Kier alpha value is -1.73. The van der Waals surface area contributed by atoms with Crippen molar-refractivity contribution in [1.82, 2.24) is 25.2 Å². The average Bonchev–Trinajstić information content (AvgIpc) is 3.17. The van der Waals surface area contributed by atoms with Gasteiger partial charge in [-0.1, -0.05) is 5.21 Å². The van der Waals surface area contributed by atoms with E-state index in [1.165, 1.54) is 23.3 Å². The van der Waals surface area contributed by atoms with E-state index >= 15 is 0 Å². The van der Waals surface area contributed by atoms with E-state index in [2.05, 4.69) is 34.0 Å². The van der Waals surface area contributed by atoms with Crippen LogP contribution in [0, 0.1) is 12.8 Å². The lowest BCUT2D eigenvalue weighted by atomic mass is 10.00. The van der Waals surface area contributed by atoms with Crippen LogP contribution in [-0.2, 0) is 13.1 Å². The highest BCUT2D eigenvalue weighted by atomic mass is 32.1. The van der Waals surface area contributed by atoms with Gasteiger partial charge in [-0.25, -0.2) is 0 Å². The van der Waals surface area contributed by atoms with Gasteiger partial charge < -0.3 is 10.2 Å². The van der Waals surface area contributed by atoms with E-state index in [0.29, 0.717) is 18.2 Å². The Bertz CT molecular complexity index is 659. The summed E-state index contributed by atoms with van der Waals surface area (Å²) in [6.45, 7) is 5.62. The van der Waals surface area contributed by atoms with E-state index in [9.17, 15) is 4.79 Å².